The van der Waals surface area contributed by atoms with Gasteiger partial charge in [-0.25, -0.2) is 0 Å². The molecular formula is C15H21NO3. The van der Waals surface area contributed by atoms with E-state index in [1.807, 2.05) is 24.3 Å². The van der Waals surface area contributed by atoms with Crippen LogP contribution in [0.15, 0.2) is 24.3 Å². The highest BCUT2D eigenvalue weighted by molar-refractivity contribution is 5.90. The van der Waals surface area contributed by atoms with Crippen molar-refractivity contribution in [2.24, 2.45) is 5.92 Å². The molecule has 4 heteroatoms. The Balaban J connectivity index is 2.40. The average Bonchev–Trinajstić information content (AvgIpc) is 2.30. The maximum Gasteiger partial charge on any atom is 0.303 e. The molecule has 0 bridgehead atoms. The smallest absolute Gasteiger partial charge is 0.303 e. The second kappa shape index (κ2) is 7.56. The summed E-state index contributed by atoms with van der Waals surface area (Å²) in [5.74, 6) is -0.403. The van der Waals surface area contributed by atoms with Gasteiger partial charge < -0.3 is 10.4 Å². The molecule has 0 fully saturated rings. The summed E-state index contributed by atoms with van der Waals surface area (Å²) in [7, 11) is 0. The van der Waals surface area contributed by atoms with Gasteiger partial charge in [-0.05, 0) is 36.5 Å². The van der Waals surface area contributed by atoms with Crippen molar-refractivity contribution in [3.8, 4) is 0 Å². The quantitative estimate of drug-likeness (QED) is 0.794. The lowest BCUT2D eigenvalue weighted by Gasteiger charge is -2.07. The Morgan fingerprint density at radius 2 is 1.79 bits per heavy atom. The molecule has 0 radical (unpaired) electrons. The fourth-order valence-electron chi connectivity index (χ4n) is 1.82. The maximum atomic E-state index is 11.6. The van der Waals surface area contributed by atoms with E-state index in [9.17, 15) is 9.59 Å². The molecule has 0 aromatic heterocycles. The molecule has 0 aliphatic heterocycles. The molecule has 0 saturated heterocycles. The van der Waals surface area contributed by atoms with Crippen molar-refractivity contribution in [2.75, 3.05) is 5.32 Å². The van der Waals surface area contributed by atoms with E-state index in [4.69, 9.17) is 5.11 Å². The number of carboxylic acids is 1. The minimum absolute atomic E-state index is 0.0285. The largest absolute Gasteiger partial charge is 0.481 e. The molecule has 1 rings (SSSR count). The molecule has 0 aliphatic rings. The van der Waals surface area contributed by atoms with Gasteiger partial charge in [0, 0.05) is 18.5 Å². The fourth-order valence-corrected chi connectivity index (χ4v) is 1.82. The molecular weight excluding hydrogens is 242 g/mol. The predicted octanol–water partition coefficient (Wildman–Crippen LogP) is 3.08. The van der Waals surface area contributed by atoms with Gasteiger partial charge in [0.2, 0.25) is 5.91 Å². The summed E-state index contributed by atoms with van der Waals surface area (Å²) < 4.78 is 0. The van der Waals surface area contributed by atoms with Crippen molar-refractivity contribution >= 4 is 17.6 Å². The molecule has 0 saturated carbocycles. The van der Waals surface area contributed by atoms with Crippen molar-refractivity contribution in [1.82, 2.24) is 0 Å². The van der Waals surface area contributed by atoms with Gasteiger partial charge in [-0.15, -0.1) is 0 Å². The zero-order chi connectivity index (χ0) is 14.3. The second-order valence-corrected chi connectivity index (χ2v) is 5.09. The van der Waals surface area contributed by atoms with Crippen LogP contribution in [0.4, 0.5) is 5.69 Å². The number of carbonyl (C=O) groups is 2. The fraction of sp³-hybridized carbons (Fsp3) is 0.467. The standard InChI is InChI=1S/C15H21NO3/c1-11(2)10-12-6-8-13(9-7-12)16-14(17)4-3-5-15(18)19/h6-9,11H,3-5,10H2,1-2H3,(H,16,17)(H,18,19). The molecule has 0 unspecified atom stereocenters. The Kier molecular flexibility index (Phi) is 6.06. The van der Waals surface area contributed by atoms with Crippen LogP contribution in [0.2, 0.25) is 0 Å². The van der Waals surface area contributed by atoms with Crippen LogP contribution >= 0.6 is 0 Å². The normalized spacial score (nSPS) is 10.5. The Labute approximate surface area is 113 Å². The predicted molar refractivity (Wildman–Crippen MR) is 75.1 cm³/mol. The third-order valence-electron chi connectivity index (χ3n) is 2.68. The summed E-state index contributed by atoms with van der Waals surface area (Å²) in [5, 5.41) is 11.3. The number of carbonyl (C=O) groups excluding carboxylic acids is 1. The van der Waals surface area contributed by atoms with Crippen LogP contribution in [0.3, 0.4) is 0 Å². The van der Waals surface area contributed by atoms with E-state index in [-0.39, 0.29) is 18.7 Å². The van der Waals surface area contributed by atoms with Gasteiger partial charge in [0.25, 0.3) is 0 Å². The molecule has 2 N–H and O–H groups in total. The third-order valence-corrected chi connectivity index (χ3v) is 2.68. The monoisotopic (exact) mass is 263 g/mol. The second-order valence-electron chi connectivity index (χ2n) is 5.09. The minimum Gasteiger partial charge on any atom is -0.481 e. The van der Waals surface area contributed by atoms with Crippen molar-refractivity contribution < 1.29 is 14.7 Å². The Hall–Kier alpha value is -1.84. The number of rotatable bonds is 7. The Bertz CT molecular complexity index is 424. The number of anilines is 1. The van der Waals surface area contributed by atoms with E-state index in [1.54, 1.807) is 0 Å². The van der Waals surface area contributed by atoms with E-state index < -0.39 is 5.97 Å². The van der Waals surface area contributed by atoms with E-state index in [0.717, 1.165) is 12.1 Å². The molecule has 0 atom stereocenters. The lowest BCUT2D eigenvalue weighted by molar-refractivity contribution is -0.137. The molecule has 0 spiro atoms. The highest BCUT2D eigenvalue weighted by atomic mass is 16.4. The van der Waals surface area contributed by atoms with Crippen molar-refractivity contribution in [1.29, 1.82) is 0 Å². The van der Waals surface area contributed by atoms with Crippen LogP contribution in [-0.4, -0.2) is 17.0 Å². The Morgan fingerprint density at radius 1 is 1.16 bits per heavy atom. The summed E-state index contributed by atoms with van der Waals surface area (Å²) in [4.78, 5) is 21.9. The summed E-state index contributed by atoms with van der Waals surface area (Å²) in [6.07, 6.45) is 1.65. The minimum atomic E-state index is -0.870. The van der Waals surface area contributed by atoms with Crippen molar-refractivity contribution in [3.63, 3.8) is 0 Å². The summed E-state index contributed by atoms with van der Waals surface area (Å²) in [6.45, 7) is 4.33. The highest BCUT2D eigenvalue weighted by Gasteiger charge is 2.05. The number of carboxylic acid groups (broad SMARTS) is 1. The van der Waals surface area contributed by atoms with Crippen LogP contribution in [0.1, 0.15) is 38.7 Å². The molecule has 19 heavy (non-hydrogen) atoms. The molecule has 0 aliphatic carbocycles. The van der Waals surface area contributed by atoms with E-state index >= 15 is 0 Å². The van der Waals surface area contributed by atoms with Gasteiger partial charge in [-0.3, -0.25) is 9.59 Å². The van der Waals surface area contributed by atoms with Crippen LogP contribution < -0.4 is 5.32 Å². The van der Waals surface area contributed by atoms with Gasteiger partial charge in [-0.2, -0.15) is 0 Å². The van der Waals surface area contributed by atoms with E-state index in [1.165, 1.54) is 5.56 Å². The number of nitrogens with one attached hydrogen (secondary N) is 1. The zero-order valence-electron chi connectivity index (χ0n) is 11.5. The first-order valence-corrected chi connectivity index (χ1v) is 6.58. The topological polar surface area (TPSA) is 66.4 Å². The summed E-state index contributed by atoms with van der Waals surface area (Å²) in [6, 6.07) is 7.78. The zero-order valence-corrected chi connectivity index (χ0v) is 11.5. The molecule has 4 nitrogen and oxygen atoms in total. The van der Waals surface area contributed by atoms with Gasteiger partial charge >= 0.3 is 5.97 Å². The van der Waals surface area contributed by atoms with Gasteiger partial charge in [0.1, 0.15) is 0 Å². The van der Waals surface area contributed by atoms with Crippen LogP contribution in [-0.2, 0) is 16.0 Å². The van der Waals surface area contributed by atoms with Crippen molar-refractivity contribution in [3.05, 3.63) is 29.8 Å². The number of amides is 1. The van der Waals surface area contributed by atoms with Crippen LogP contribution in [0.25, 0.3) is 0 Å². The van der Waals surface area contributed by atoms with E-state index in [2.05, 4.69) is 19.2 Å². The summed E-state index contributed by atoms with van der Waals surface area (Å²) in [5.41, 5.74) is 2.01. The number of benzene rings is 1. The number of aliphatic carboxylic acids is 1. The lowest BCUT2D eigenvalue weighted by Crippen LogP contribution is -2.11. The van der Waals surface area contributed by atoms with Gasteiger partial charge in [-0.1, -0.05) is 26.0 Å². The Morgan fingerprint density at radius 3 is 2.32 bits per heavy atom. The SMILES string of the molecule is CC(C)Cc1ccc(NC(=O)CCCC(=O)O)cc1. The lowest BCUT2D eigenvalue weighted by atomic mass is 10.0. The molecule has 0 heterocycles. The molecule has 1 amide bonds. The molecule has 1 aromatic carbocycles. The first-order valence-electron chi connectivity index (χ1n) is 6.58. The van der Waals surface area contributed by atoms with Crippen LogP contribution in [0, 0.1) is 5.92 Å². The number of hydrogen-bond donors (Lipinski definition) is 2. The number of hydrogen-bond acceptors (Lipinski definition) is 2. The highest BCUT2D eigenvalue weighted by Crippen LogP contribution is 2.13. The van der Waals surface area contributed by atoms with Crippen LogP contribution in [0.5, 0.6) is 0 Å². The van der Waals surface area contributed by atoms with E-state index in [0.29, 0.717) is 12.3 Å². The molecule has 104 valence electrons. The third kappa shape index (κ3) is 6.60. The van der Waals surface area contributed by atoms with Gasteiger partial charge in [0.05, 0.1) is 0 Å². The summed E-state index contributed by atoms with van der Waals surface area (Å²) >= 11 is 0. The maximum absolute atomic E-state index is 11.6. The first kappa shape index (κ1) is 15.2. The molecule has 1 aromatic rings. The van der Waals surface area contributed by atoms with Gasteiger partial charge in [0.15, 0.2) is 0 Å². The average molecular weight is 263 g/mol. The van der Waals surface area contributed by atoms with Crippen molar-refractivity contribution in [2.45, 2.75) is 39.5 Å². The first-order chi connectivity index (χ1) is 8.97.